The molecule has 19 heavy (non-hydrogen) atoms. The zero-order valence-corrected chi connectivity index (χ0v) is 11.8. The van der Waals surface area contributed by atoms with Gasteiger partial charge in [-0.15, -0.1) is 0 Å². The Balaban J connectivity index is 2.05. The summed E-state index contributed by atoms with van der Waals surface area (Å²) in [4.78, 5) is 11.3. The van der Waals surface area contributed by atoms with Gasteiger partial charge in [0.25, 0.3) is 0 Å². The topological polar surface area (TPSA) is 60.0 Å². The van der Waals surface area contributed by atoms with Crippen LogP contribution in [0, 0.1) is 6.92 Å². The van der Waals surface area contributed by atoms with Crippen LogP contribution >= 0.6 is 0 Å². The van der Waals surface area contributed by atoms with Gasteiger partial charge in [0.05, 0.1) is 0 Å². The Morgan fingerprint density at radius 2 is 2.05 bits per heavy atom. The predicted octanol–water partition coefficient (Wildman–Crippen LogP) is 1.81. The lowest BCUT2D eigenvalue weighted by atomic mass is 9.75. The molecule has 1 aliphatic rings. The Morgan fingerprint density at radius 3 is 2.63 bits per heavy atom. The summed E-state index contributed by atoms with van der Waals surface area (Å²) in [6, 6.07) is 3.97. The van der Waals surface area contributed by atoms with Crippen molar-refractivity contribution < 1.29 is 0 Å². The van der Waals surface area contributed by atoms with Gasteiger partial charge >= 0.3 is 0 Å². The molecule has 1 fully saturated rings. The normalized spacial score (nSPS) is 17.9. The summed E-state index contributed by atoms with van der Waals surface area (Å²) in [6.45, 7) is 2.87. The molecule has 3 rings (SSSR count). The van der Waals surface area contributed by atoms with E-state index in [0.29, 0.717) is 5.95 Å². The number of rotatable bonds is 3. The molecule has 0 radical (unpaired) electrons. The third-order valence-corrected chi connectivity index (χ3v) is 4.45. The average molecular weight is 259 g/mol. The van der Waals surface area contributed by atoms with Gasteiger partial charge in [0.2, 0.25) is 5.95 Å². The third kappa shape index (κ3) is 1.89. The first kappa shape index (κ1) is 12.4. The van der Waals surface area contributed by atoms with Crippen molar-refractivity contribution in [2.75, 3.05) is 19.8 Å². The number of aryl methyl sites for hydroxylation is 1. The molecule has 102 valence electrons. The number of pyridine rings is 1. The second-order valence-electron chi connectivity index (χ2n) is 5.82. The Bertz CT molecular complexity index is 610. The Hall–Kier alpha value is -1.62. The summed E-state index contributed by atoms with van der Waals surface area (Å²) in [7, 11) is 4.29. The lowest BCUT2D eigenvalue weighted by Gasteiger charge is -2.47. The molecule has 0 bridgehead atoms. The average Bonchev–Trinajstić information content (AvgIpc) is 2.59. The maximum Gasteiger partial charge on any atom is 0.202 e. The largest absolute Gasteiger partial charge is 0.369 e. The fraction of sp³-hybridized carbons (Fsp3) is 0.571. The molecule has 5 heteroatoms. The van der Waals surface area contributed by atoms with Crippen molar-refractivity contribution in [3.8, 4) is 0 Å². The van der Waals surface area contributed by atoms with Gasteiger partial charge < -0.3 is 10.6 Å². The van der Waals surface area contributed by atoms with Crippen molar-refractivity contribution in [3.05, 3.63) is 17.8 Å². The maximum absolute atomic E-state index is 6.08. The van der Waals surface area contributed by atoms with Crippen LogP contribution in [0.3, 0.4) is 0 Å². The Morgan fingerprint density at radius 1 is 1.32 bits per heavy atom. The van der Waals surface area contributed by atoms with Crippen molar-refractivity contribution in [2.45, 2.75) is 38.3 Å². The molecular formula is C14H21N5. The fourth-order valence-corrected chi connectivity index (χ4v) is 2.90. The third-order valence-electron chi connectivity index (χ3n) is 4.45. The van der Waals surface area contributed by atoms with Gasteiger partial charge in [-0.3, -0.25) is 4.57 Å². The van der Waals surface area contributed by atoms with E-state index in [2.05, 4.69) is 33.5 Å². The number of nitrogen functional groups attached to an aromatic ring is 1. The number of imidazole rings is 1. The highest BCUT2D eigenvalue weighted by atomic mass is 15.2. The second kappa shape index (κ2) is 4.20. The number of nitrogens with two attached hydrogens (primary N) is 1. The highest BCUT2D eigenvalue weighted by molar-refractivity contribution is 5.74. The van der Waals surface area contributed by atoms with Crippen molar-refractivity contribution in [3.63, 3.8) is 0 Å². The minimum atomic E-state index is 0.215. The standard InChI is InChI=1S/C14H21N5/c1-10-5-6-11-12(16-10)19(13(15)17-11)9-14(18(2)3)7-4-8-14/h5-6H,4,7-9H2,1-3H3,(H2,15,17). The highest BCUT2D eigenvalue weighted by Gasteiger charge is 2.40. The molecule has 0 aromatic carbocycles. The monoisotopic (exact) mass is 259 g/mol. The van der Waals surface area contributed by atoms with Gasteiger partial charge in [0.15, 0.2) is 5.65 Å². The molecule has 2 aromatic heterocycles. The fourth-order valence-electron chi connectivity index (χ4n) is 2.90. The number of likely N-dealkylation sites (N-methyl/N-ethyl adjacent to an activating group) is 1. The number of nitrogens with zero attached hydrogens (tertiary/aromatic N) is 4. The van der Waals surface area contributed by atoms with Gasteiger partial charge in [-0.25, -0.2) is 9.97 Å². The molecule has 0 unspecified atom stereocenters. The first-order chi connectivity index (χ1) is 9.02. The van der Waals surface area contributed by atoms with E-state index >= 15 is 0 Å². The van der Waals surface area contributed by atoms with Crippen LogP contribution in [0.4, 0.5) is 5.95 Å². The first-order valence-electron chi connectivity index (χ1n) is 6.79. The van der Waals surface area contributed by atoms with Crippen LogP contribution in [0.1, 0.15) is 25.0 Å². The molecule has 0 aliphatic heterocycles. The zero-order valence-electron chi connectivity index (χ0n) is 11.8. The van der Waals surface area contributed by atoms with E-state index in [1.807, 2.05) is 19.1 Å². The molecule has 2 N–H and O–H groups in total. The number of hydrogen-bond acceptors (Lipinski definition) is 4. The summed E-state index contributed by atoms with van der Waals surface area (Å²) >= 11 is 0. The molecule has 2 heterocycles. The van der Waals surface area contributed by atoms with Crippen molar-refractivity contribution in [1.82, 2.24) is 19.4 Å². The molecule has 0 spiro atoms. The van der Waals surface area contributed by atoms with Crippen LogP contribution < -0.4 is 5.73 Å². The van der Waals surface area contributed by atoms with Crippen LogP contribution in [-0.4, -0.2) is 39.1 Å². The van der Waals surface area contributed by atoms with E-state index in [-0.39, 0.29) is 5.54 Å². The quantitative estimate of drug-likeness (QED) is 0.913. The lowest BCUT2D eigenvalue weighted by molar-refractivity contribution is 0.0439. The Kier molecular flexibility index (Phi) is 2.74. The number of anilines is 1. The van der Waals surface area contributed by atoms with Gasteiger partial charge in [-0.2, -0.15) is 0 Å². The highest BCUT2D eigenvalue weighted by Crippen LogP contribution is 2.38. The molecule has 0 amide bonds. The van der Waals surface area contributed by atoms with Gasteiger partial charge in [-0.05, 0) is 52.4 Å². The van der Waals surface area contributed by atoms with E-state index in [1.165, 1.54) is 19.3 Å². The van der Waals surface area contributed by atoms with E-state index in [0.717, 1.165) is 23.4 Å². The molecule has 2 aromatic rings. The van der Waals surface area contributed by atoms with Crippen molar-refractivity contribution in [2.24, 2.45) is 0 Å². The molecule has 1 aliphatic carbocycles. The summed E-state index contributed by atoms with van der Waals surface area (Å²) in [5.74, 6) is 0.571. The molecule has 1 saturated carbocycles. The van der Waals surface area contributed by atoms with Crippen LogP contribution in [0.15, 0.2) is 12.1 Å². The Labute approximate surface area is 113 Å². The predicted molar refractivity (Wildman–Crippen MR) is 76.9 cm³/mol. The van der Waals surface area contributed by atoms with E-state index in [9.17, 15) is 0 Å². The van der Waals surface area contributed by atoms with Crippen molar-refractivity contribution in [1.29, 1.82) is 0 Å². The zero-order chi connectivity index (χ0) is 13.6. The summed E-state index contributed by atoms with van der Waals surface area (Å²) in [5.41, 5.74) is 9.09. The first-order valence-corrected chi connectivity index (χ1v) is 6.79. The van der Waals surface area contributed by atoms with Crippen LogP contribution in [0.2, 0.25) is 0 Å². The van der Waals surface area contributed by atoms with Gasteiger partial charge in [0.1, 0.15) is 5.52 Å². The minimum absolute atomic E-state index is 0.215. The van der Waals surface area contributed by atoms with E-state index < -0.39 is 0 Å². The number of aromatic nitrogens is 3. The number of hydrogen-bond donors (Lipinski definition) is 1. The van der Waals surface area contributed by atoms with E-state index in [1.54, 1.807) is 0 Å². The van der Waals surface area contributed by atoms with Crippen LogP contribution in [-0.2, 0) is 6.54 Å². The summed E-state index contributed by atoms with van der Waals surface area (Å²) in [5, 5.41) is 0. The minimum Gasteiger partial charge on any atom is -0.369 e. The summed E-state index contributed by atoms with van der Waals surface area (Å²) in [6.07, 6.45) is 3.72. The van der Waals surface area contributed by atoms with Gasteiger partial charge in [0, 0.05) is 17.8 Å². The van der Waals surface area contributed by atoms with Gasteiger partial charge in [-0.1, -0.05) is 0 Å². The number of fused-ring (bicyclic) bond motifs is 1. The lowest BCUT2D eigenvalue weighted by Crippen LogP contribution is -2.53. The van der Waals surface area contributed by atoms with Crippen LogP contribution in [0.5, 0.6) is 0 Å². The van der Waals surface area contributed by atoms with Crippen molar-refractivity contribution >= 4 is 17.1 Å². The molecule has 5 nitrogen and oxygen atoms in total. The maximum atomic E-state index is 6.08. The van der Waals surface area contributed by atoms with Crippen LogP contribution in [0.25, 0.3) is 11.2 Å². The van der Waals surface area contributed by atoms with E-state index in [4.69, 9.17) is 5.73 Å². The molecule has 0 atom stereocenters. The smallest absolute Gasteiger partial charge is 0.202 e. The SMILES string of the molecule is Cc1ccc2nc(N)n(CC3(N(C)C)CCC3)c2n1. The summed E-state index contributed by atoms with van der Waals surface area (Å²) < 4.78 is 2.07. The molecular weight excluding hydrogens is 238 g/mol. The second-order valence-corrected chi connectivity index (χ2v) is 5.82. The molecule has 0 saturated heterocycles.